The molecule has 0 amide bonds. The monoisotopic (exact) mass is 220 g/mol. The molecule has 0 heterocycles. The van der Waals surface area contributed by atoms with E-state index in [4.69, 9.17) is 0 Å². The van der Waals surface area contributed by atoms with Crippen LogP contribution in [0.1, 0.15) is 52.9 Å². The molecule has 2 bridgehead atoms. The Morgan fingerprint density at radius 3 is 2.25 bits per heavy atom. The fourth-order valence-corrected chi connectivity index (χ4v) is 3.54. The van der Waals surface area contributed by atoms with Crippen molar-refractivity contribution in [2.45, 2.75) is 52.9 Å². The van der Waals surface area contributed by atoms with E-state index in [0.717, 1.165) is 31.3 Å². The molecule has 2 atom stereocenters. The molecule has 0 aliphatic heterocycles. The summed E-state index contributed by atoms with van der Waals surface area (Å²) in [7, 11) is 0. The van der Waals surface area contributed by atoms with E-state index in [1.54, 1.807) is 6.08 Å². The maximum Gasteiger partial charge on any atom is 0.156 e. The number of ketones is 2. The van der Waals surface area contributed by atoms with Crippen LogP contribution in [-0.4, -0.2) is 11.6 Å². The molecule has 2 rings (SSSR count). The Labute approximate surface area is 97.1 Å². The summed E-state index contributed by atoms with van der Waals surface area (Å²) in [4.78, 5) is 24.3. The van der Waals surface area contributed by atoms with E-state index >= 15 is 0 Å². The lowest BCUT2D eigenvalue weighted by Crippen LogP contribution is -2.46. The van der Waals surface area contributed by atoms with Gasteiger partial charge in [-0.25, -0.2) is 0 Å². The topological polar surface area (TPSA) is 34.1 Å². The van der Waals surface area contributed by atoms with E-state index in [1.807, 2.05) is 13.8 Å². The zero-order chi connectivity index (χ0) is 12.0. The number of hydrogen-bond acceptors (Lipinski definition) is 2. The second-order valence-corrected chi connectivity index (χ2v) is 6.11. The van der Waals surface area contributed by atoms with Gasteiger partial charge >= 0.3 is 0 Å². The fraction of sp³-hybridized carbons (Fsp3) is 0.714. The summed E-state index contributed by atoms with van der Waals surface area (Å²) in [6.45, 7) is 6.01. The lowest BCUT2D eigenvalue weighted by molar-refractivity contribution is -0.145. The summed E-state index contributed by atoms with van der Waals surface area (Å²) < 4.78 is 0. The van der Waals surface area contributed by atoms with Crippen molar-refractivity contribution in [3.05, 3.63) is 11.6 Å². The maximum atomic E-state index is 12.5. The van der Waals surface area contributed by atoms with E-state index in [9.17, 15) is 9.59 Å². The minimum Gasteiger partial charge on any atom is -0.298 e. The molecule has 0 unspecified atom stereocenters. The number of carbonyl (C=O) groups excluding carboxylic acids is 2. The van der Waals surface area contributed by atoms with Crippen LogP contribution in [0.3, 0.4) is 0 Å². The smallest absolute Gasteiger partial charge is 0.156 e. The molecule has 2 aliphatic carbocycles. The average Bonchev–Trinajstić information content (AvgIpc) is 2.12. The van der Waals surface area contributed by atoms with Crippen molar-refractivity contribution in [3.63, 3.8) is 0 Å². The Hall–Kier alpha value is -0.920. The zero-order valence-corrected chi connectivity index (χ0v) is 10.4. The lowest BCUT2D eigenvalue weighted by Gasteiger charge is -2.44. The predicted molar refractivity (Wildman–Crippen MR) is 63.1 cm³/mol. The van der Waals surface area contributed by atoms with Gasteiger partial charge in [-0.05, 0) is 32.3 Å². The predicted octanol–water partition coefficient (Wildman–Crippen LogP) is 3.06. The first-order valence-corrected chi connectivity index (χ1v) is 6.11. The summed E-state index contributed by atoms with van der Waals surface area (Å²) in [5.74, 6) is 0.435. The van der Waals surface area contributed by atoms with Gasteiger partial charge in [-0.2, -0.15) is 0 Å². The molecular weight excluding hydrogens is 200 g/mol. The van der Waals surface area contributed by atoms with Crippen molar-refractivity contribution in [2.24, 2.45) is 10.8 Å². The highest BCUT2D eigenvalue weighted by atomic mass is 16.1. The Bertz CT molecular complexity index is 380. The number of fused-ring (bicyclic) bond motifs is 2. The van der Waals surface area contributed by atoms with Crippen LogP contribution in [-0.2, 0) is 9.59 Å². The van der Waals surface area contributed by atoms with Crippen molar-refractivity contribution in [1.29, 1.82) is 0 Å². The van der Waals surface area contributed by atoms with Crippen LogP contribution in [0, 0.1) is 10.8 Å². The Balaban J connectivity index is 2.46. The van der Waals surface area contributed by atoms with Gasteiger partial charge in [-0.15, -0.1) is 0 Å². The molecule has 2 heteroatoms. The van der Waals surface area contributed by atoms with Crippen LogP contribution in [0.4, 0.5) is 0 Å². The van der Waals surface area contributed by atoms with E-state index in [-0.39, 0.29) is 11.2 Å². The second-order valence-electron chi connectivity index (χ2n) is 6.11. The van der Waals surface area contributed by atoms with Crippen LogP contribution in [0.5, 0.6) is 0 Å². The highest BCUT2D eigenvalue weighted by Gasteiger charge is 2.49. The number of carbonyl (C=O) groups is 2. The Morgan fingerprint density at radius 1 is 1.06 bits per heavy atom. The molecule has 1 saturated carbocycles. The van der Waals surface area contributed by atoms with Crippen LogP contribution in [0.2, 0.25) is 0 Å². The molecular formula is C14H20O2. The minimum absolute atomic E-state index is 0.123. The largest absolute Gasteiger partial charge is 0.298 e. The van der Waals surface area contributed by atoms with Gasteiger partial charge < -0.3 is 0 Å². The van der Waals surface area contributed by atoms with Gasteiger partial charge in [-0.3, -0.25) is 9.59 Å². The second kappa shape index (κ2) is 3.54. The molecule has 0 aromatic heterocycles. The Kier molecular flexibility index (Phi) is 2.56. The third-order valence-electron chi connectivity index (χ3n) is 4.19. The third kappa shape index (κ3) is 1.74. The number of allylic oxidation sites excluding steroid dienone is 2. The number of rotatable bonds is 0. The molecule has 88 valence electrons. The SMILES string of the molecule is C/C1=C/C(=O)C[C@@]2(C)CCC[C@@](C)(C1)C2=O. The van der Waals surface area contributed by atoms with Crippen molar-refractivity contribution in [2.75, 3.05) is 0 Å². The van der Waals surface area contributed by atoms with Crippen LogP contribution in [0.25, 0.3) is 0 Å². The molecule has 1 fully saturated rings. The molecule has 16 heavy (non-hydrogen) atoms. The first kappa shape index (κ1) is 11.6. The normalized spacial score (nSPS) is 43.3. The van der Waals surface area contributed by atoms with Gasteiger partial charge in [0.15, 0.2) is 5.78 Å². The Morgan fingerprint density at radius 2 is 1.62 bits per heavy atom. The van der Waals surface area contributed by atoms with Crippen LogP contribution < -0.4 is 0 Å². The summed E-state index contributed by atoms with van der Waals surface area (Å²) in [6, 6.07) is 0. The summed E-state index contributed by atoms with van der Waals surface area (Å²) in [5.41, 5.74) is 0.431. The van der Waals surface area contributed by atoms with Crippen molar-refractivity contribution in [3.8, 4) is 0 Å². The number of hydrogen-bond donors (Lipinski definition) is 0. The van der Waals surface area contributed by atoms with Gasteiger partial charge in [0.1, 0.15) is 5.78 Å². The van der Waals surface area contributed by atoms with Crippen molar-refractivity contribution >= 4 is 11.6 Å². The fourth-order valence-electron chi connectivity index (χ4n) is 3.54. The van der Waals surface area contributed by atoms with E-state index < -0.39 is 5.41 Å². The van der Waals surface area contributed by atoms with Gasteiger partial charge in [-0.1, -0.05) is 25.8 Å². The minimum atomic E-state index is -0.402. The van der Waals surface area contributed by atoms with Gasteiger partial charge in [0.05, 0.1) is 0 Å². The molecule has 0 N–H and O–H groups in total. The highest BCUT2D eigenvalue weighted by Crippen LogP contribution is 2.49. The molecule has 2 nitrogen and oxygen atoms in total. The van der Waals surface area contributed by atoms with E-state index in [2.05, 4.69) is 6.92 Å². The maximum absolute atomic E-state index is 12.5. The van der Waals surface area contributed by atoms with E-state index in [0.29, 0.717) is 12.2 Å². The van der Waals surface area contributed by atoms with Gasteiger partial charge in [0.25, 0.3) is 0 Å². The quantitative estimate of drug-likeness (QED) is 0.628. The molecule has 0 aromatic carbocycles. The molecule has 0 spiro atoms. The van der Waals surface area contributed by atoms with Crippen molar-refractivity contribution < 1.29 is 9.59 Å². The summed E-state index contributed by atoms with van der Waals surface area (Å²) >= 11 is 0. The third-order valence-corrected chi connectivity index (χ3v) is 4.19. The first-order chi connectivity index (χ1) is 7.36. The van der Waals surface area contributed by atoms with Crippen LogP contribution >= 0.6 is 0 Å². The van der Waals surface area contributed by atoms with Gasteiger partial charge in [0.2, 0.25) is 0 Å². The standard InChI is InChI=1S/C14H20O2/c1-10-7-11(15)9-14(3)6-4-5-13(2,8-10)12(14)16/h7H,4-6,8-9H2,1-3H3/b10-7-/t13-,14+/m0/s1. The number of Topliss-reactive ketones (excluding diaryl/α,β-unsaturated/α-hetero) is 1. The summed E-state index contributed by atoms with van der Waals surface area (Å²) in [6.07, 6.45) is 5.82. The van der Waals surface area contributed by atoms with Crippen molar-refractivity contribution in [1.82, 2.24) is 0 Å². The van der Waals surface area contributed by atoms with E-state index in [1.165, 1.54) is 0 Å². The first-order valence-electron chi connectivity index (χ1n) is 6.11. The molecule has 2 aliphatic rings. The highest BCUT2D eigenvalue weighted by molar-refractivity contribution is 5.99. The molecule has 0 radical (unpaired) electrons. The molecule has 0 aromatic rings. The summed E-state index contributed by atoms with van der Waals surface area (Å²) in [5, 5.41) is 0. The zero-order valence-electron chi connectivity index (χ0n) is 10.4. The van der Waals surface area contributed by atoms with Crippen LogP contribution in [0.15, 0.2) is 11.6 Å². The lowest BCUT2D eigenvalue weighted by atomic mass is 9.58. The molecule has 0 saturated heterocycles. The average molecular weight is 220 g/mol. The van der Waals surface area contributed by atoms with Gasteiger partial charge in [0, 0.05) is 17.3 Å².